The third kappa shape index (κ3) is 2.14. The second kappa shape index (κ2) is 4.78. The number of imidazole rings is 1. The smallest absolute Gasteiger partial charge is 0.226 e. The van der Waals surface area contributed by atoms with Crippen molar-refractivity contribution in [2.45, 2.75) is 23.1 Å². The van der Waals surface area contributed by atoms with E-state index < -0.39 is 6.10 Å². The molecule has 3 unspecified atom stereocenters. The third-order valence-electron chi connectivity index (χ3n) is 3.12. The molecule has 3 atom stereocenters. The number of nitrogen functional groups attached to an aromatic ring is 1. The number of aromatic nitrogens is 4. The number of nitrogens with two attached hydrogens (primary N) is 1. The fraction of sp³-hybridized carbons (Fsp3) is 0.500. The second-order valence-electron chi connectivity index (χ2n) is 4.32. The highest BCUT2D eigenvalue weighted by Crippen LogP contribution is 2.42. The molecule has 0 saturated carbocycles. The zero-order valence-electron chi connectivity index (χ0n) is 9.77. The van der Waals surface area contributed by atoms with Gasteiger partial charge in [-0.1, -0.05) is 0 Å². The number of hydrogen-bond donors (Lipinski definition) is 3. The Kier molecular flexibility index (Phi) is 3.25. The maximum absolute atomic E-state index is 9.84. The Balaban J connectivity index is 2.02. The molecular weight excluding hydrogens is 290 g/mol. The van der Waals surface area contributed by atoms with E-state index in [-0.39, 0.29) is 28.3 Å². The predicted octanol–water partition coefficient (Wildman–Crippen LogP) is 0.419. The second-order valence-corrected chi connectivity index (χ2v) is 6.08. The lowest BCUT2D eigenvalue weighted by atomic mass is 10.2. The Labute approximate surface area is 117 Å². The van der Waals surface area contributed by atoms with Crippen LogP contribution in [0.25, 0.3) is 11.2 Å². The zero-order valence-corrected chi connectivity index (χ0v) is 11.3. The third-order valence-corrected chi connectivity index (χ3v) is 4.83. The molecule has 0 aromatic carbocycles. The van der Waals surface area contributed by atoms with Crippen LogP contribution in [0.15, 0.2) is 6.33 Å². The molecule has 7 nitrogen and oxygen atoms in total. The quantitative estimate of drug-likeness (QED) is 0.689. The molecule has 0 spiro atoms. The summed E-state index contributed by atoms with van der Waals surface area (Å²) in [6.07, 6.45) is 1.58. The molecule has 19 heavy (non-hydrogen) atoms. The molecule has 1 aliphatic rings. The number of aliphatic hydroxyl groups excluding tert-OH is 2. The molecule has 1 saturated heterocycles. The van der Waals surface area contributed by atoms with Gasteiger partial charge >= 0.3 is 0 Å². The van der Waals surface area contributed by atoms with Crippen molar-refractivity contribution < 1.29 is 10.2 Å². The maximum atomic E-state index is 9.84. The van der Waals surface area contributed by atoms with E-state index in [0.717, 1.165) is 0 Å². The van der Waals surface area contributed by atoms with Crippen molar-refractivity contribution in [1.29, 1.82) is 0 Å². The Hall–Kier alpha value is -1.09. The molecule has 3 heterocycles. The van der Waals surface area contributed by atoms with Gasteiger partial charge in [-0.3, -0.25) is 0 Å². The molecule has 1 aliphatic heterocycles. The van der Waals surface area contributed by atoms with Gasteiger partial charge in [0.1, 0.15) is 5.52 Å². The van der Waals surface area contributed by atoms with Gasteiger partial charge in [0.15, 0.2) is 11.5 Å². The highest BCUT2D eigenvalue weighted by molar-refractivity contribution is 8.00. The molecule has 2 aromatic heterocycles. The van der Waals surface area contributed by atoms with Crippen molar-refractivity contribution in [1.82, 2.24) is 19.5 Å². The SMILES string of the molecule is Nc1nc(Cl)nc2c1ncn2C1CC(O)C(CO)S1. The first-order valence-corrected chi connectivity index (χ1v) is 7.02. The van der Waals surface area contributed by atoms with Gasteiger partial charge in [0.05, 0.1) is 29.7 Å². The van der Waals surface area contributed by atoms with Crippen molar-refractivity contribution in [3.05, 3.63) is 11.6 Å². The van der Waals surface area contributed by atoms with Gasteiger partial charge in [-0.05, 0) is 11.6 Å². The average molecular weight is 302 g/mol. The summed E-state index contributed by atoms with van der Waals surface area (Å²) < 4.78 is 1.81. The first-order valence-electron chi connectivity index (χ1n) is 5.70. The Morgan fingerprint density at radius 1 is 1.53 bits per heavy atom. The van der Waals surface area contributed by atoms with Crippen molar-refractivity contribution in [3.63, 3.8) is 0 Å². The number of hydrogen-bond acceptors (Lipinski definition) is 7. The van der Waals surface area contributed by atoms with Crippen LogP contribution in [0.5, 0.6) is 0 Å². The lowest BCUT2D eigenvalue weighted by Crippen LogP contribution is -2.20. The van der Waals surface area contributed by atoms with E-state index in [2.05, 4.69) is 15.0 Å². The van der Waals surface area contributed by atoms with Crippen LogP contribution in [0.4, 0.5) is 5.82 Å². The van der Waals surface area contributed by atoms with E-state index >= 15 is 0 Å². The van der Waals surface area contributed by atoms with Crippen molar-refractivity contribution in [2.24, 2.45) is 0 Å². The van der Waals surface area contributed by atoms with Gasteiger partial charge in [-0.2, -0.15) is 9.97 Å². The first-order chi connectivity index (χ1) is 9.10. The highest BCUT2D eigenvalue weighted by atomic mass is 35.5. The topological polar surface area (TPSA) is 110 Å². The number of thioether (sulfide) groups is 1. The summed E-state index contributed by atoms with van der Waals surface area (Å²) in [5.74, 6) is 0.232. The summed E-state index contributed by atoms with van der Waals surface area (Å²) in [5.41, 5.74) is 6.78. The molecule has 0 radical (unpaired) electrons. The Morgan fingerprint density at radius 3 is 3.00 bits per heavy atom. The zero-order chi connectivity index (χ0) is 13.6. The minimum absolute atomic E-state index is 0.0532. The summed E-state index contributed by atoms with van der Waals surface area (Å²) in [7, 11) is 0. The van der Waals surface area contributed by atoms with Crippen molar-refractivity contribution in [2.75, 3.05) is 12.3 Å². The maximum Gasteiger partial charge on any atom is 0.226 e. The lowest BCUT2D eigenvalue weighted by Gasteiger charge is -2.11. The molecule has 0 bridgehead atoms. The first kappa shape index (κ1) is 12.9. The van der Waals surface area contributed by atoms with Gasteiger partial charge in [0.25, 0.3) is 0 Å². The number of fused-ring (bicyclic) bond motifs is 1. The van der Waals surface area contributed by atoms with Gasteiger partial charge < -0.3 is 20.5 Å². The summed E-state index contributed by atoms with van der Waals surface area (Å²) in [5, 5.41) is 18.8. The van der Waals surface area contributed by atoms with Crippen molar-refractivity contribution in [3.8, 4) is 0 Å². The molecule has 102 valence electrons. The van der Waals surface area contributed by atoms with Crippen LogP contribution in [-0.4, -0.2) is 47.7 Å². The van der Waals surface area contributed by atoms with E-state index in [9.17, 15) is 10.2 Å². The van der Waals surface area contributed by atoms with Crippen LogP contribution in [0.1, 0.15) is 11.8 Å². The van der Waals surface area contributed by atoms with Crippen LogP contribution in [-0.2, 0) is 0 Å². The van der Waals surface area contributed by atoms with Gasteiger partial charge in [-0.25, -0.2) is 4.98 Å². The van der Waals surface area contributed by atoms with Crippen LogP contribution in [0, 0.1) is 0 Å². The summed E-state index contributed by atoms with van der Waals surface area (Å²) in [6, 6.07) is 0. The van der Waals surface area contributed by atoms with Gasteiger partial charge in [0, 0.05) is 6.42 Å². The monoisotopic (exact) mass is 301 g/mol. The number of anilines is 1. The molecule has 3 rings (SSSR count). The Bertz CT molecular complexity index is 621. The lowest BCUT2D eigenvalue weighted by molar-refractivity contribution is 0.138. The highest BCUT2D eigenvalue weighted by Gasteiger charge is 2.35. The van der Waals surface area contributed by atoms with Gasteiger partial charge in [-0.15, -0.1) is 11.8 Å². The number of nitrogens with zero attached hydrogens (tertiary/aromatic N) is 4. The predicted molar refractivity (Wildman–Crippen MR) is 72.9 cm³/mol. The van der Waals surface area contributed by atoms with E-state index in [1.165, 1.54) is 11.8 Å². The Morgan fingerprint density at radius 2 is 2.32 bits per heavy atom. The molecule has 2 aromatic rings. The van der Waals surface area contributed by atoms with E-state index in [1.807, 2.05) is 4.57 Å². The molecule has 0 aliphatic carbocycles. The summed E-state index contributed by atoms with van der Waals surface area (Å²) >= 11 is 7.29. The van der Waals surface area contributed by atoms with Gasteiger partial charge in [0.2, 0.25) is 5.28 Å². The molecular formula is C10H12ClN5O2S. The minimum Gasteiger partial charge on any atom is -0.395 e. The number of rotatable bonds is 2. The molecule has 4 N–H and O–H groups in total. The fourth-order valence-electron chi connectivity index (χ4n) is 2.17. The molecule has 9 heteroatoms. The van der Waals surface area contributed by atoms with E-state index in [4.69, 9.17) is 17.3 Å². The summed E-state index contributed by atoms with van der Waals surface area (Å²) in [6.45, 7) is -0.0627. The van der Waals surface area contributed by atoms with Crippen LogP contribution < -0.4 is 5.73 Å². The molecule has 1 fully saturated rings. The summed E-state index contributed by atoms with van der Waals surface area (Å²) in [4.78, 5) is 12.2. The van der Waals surface area contributed by atoms with Crippen LogP contribution >= 0.6 is 23.4 Å². The number of aliphatic hydroxyl groups is 2. The van der Waals surface area contributed by atoms with Crippen LogP contribution in [0.3, 0.4) is 0 Å². The fourth-order valence-corrected chi connectivity index (χ4v) is 3.72. The van der Waals surface area contributed by atoms with E-state index in [1.54, 1.807) is 6.33 Å². The number of halogens is 1. The average Bonchev–Trinajstić information content (AvgIpc) is 2.92. The standard InChI is InChI=1S/C10H12ClN5O2S/c11-10-14-8(12)7-9(15-10)16(3-13-7)6-1-4(18)5(2-17)19-6/h3-6,17-18H,1-2H2,(H2,12,14,15). The minimum atomic E-state index is -0.549. The normalized spacial score (nSPS) is 27.2. The molecule has 0 amide bonds. The van der Waals surface area contributed by atoms with E-state index in [0.29, 0.717) is 17.6 Å². The van der Waals surface area contributed by atoms with Crippen molar-refractivity contribution >= 4 is 40.3 Å². The van der Waals surface area contributed by atoms with Crippen LogP contribution in [0.2, 0.25) is 5.28 Å². The largest absolute Gasteiger partial charge is 0.395 e.